The predicted octanol–water partition coefficient (Wildman–Crippen LogP) is 1.24. The third-order valence-corrected chi connectivity index (χ3v) is 2.01. The number of ether oxygens (including phenoxy) is 1. The molecule has 0 aliphatic heterocycles. The molecule has 114 valence electrons. The van der Waals surface area contributed by atoms with Crippen molar-refractivity contribution >= 4 is 18.0 Å². The van der Waals surface area contributed by atoms with Crippen molar-refractivity contribution in [2.45, 2.75) is 6.18 Å². The predicted molar refractivity (Wildman–Crippen MR) is 65.5 cm³/mol. The SMILES string of the molecule is O=C(O)C=Cc1ccc(OCC(=O)NCC(F)(F)F)cn1. The Kier molecular flexibility index (Phi) is 5.70. The molecule has 21 heavy (non-hydrogen) atoms. The molecule has 0 atom stereocenters. The summed E-state index contributed by atoms with van der Waals surface area (Å²) in [4.78, 5) is 25.2. The normalized spacial score (nSPS) is 11.4. The molecule has 2 N–H and O–H groups in total. The number of nitrogens with one attached hydrogen (secondary N) is 1. The third-order valence-electron chi connectivity index (χ3n) is 2.01. The summed E-state index contributed by atoms with van der Waals surface area (Å²) in [5.41, 5.74) is 0.353. The van der Waals surface area contributed by atoms with Gasteiger partial charge in [-0.3, -0.25) is 9.78 Å². The van der Waals surface area contributed by atoms with Crippen LogP contribution in [0.5, 0.6) is 5.75 Å². The molecule has 1 rings (SSSR count). The Balaban J connectivity index is 2.42. The highest BCUT2D eigenvalue weighted by Gasteiger charge is 2.27. The number of halogens is 3. The van der Waals surface area contributed by atoms with E-state index < -0.39 is 31.2 Å². The number of carboxylic acid groups (broad SMARTS) is 1. The number of alkyl halides is 3. The first-order chi connectivity index (χ1) is 9.76. The number of rotatable bonds is 6. The highest BCUT2D eigenvalue weighted by molar-refractivity contribution is 5.84. The molecule has 0 radical (unpaired) electrons. The molecule has 9 heteroatoms. The van der Waals surface area contributed by atoms with Crippen molar-refractivity contribution in [2.75, 3.05) is 13.2 Å². The summed E-state index contributed by atoms with van der Waals surface area (Å²) < 4.78 is 40.4. The smallest absolute Gasteiger partial charge is 0.405 e. The topological polar surface area (TPSA) is 88.5 Å². The van der Waals surface area contributed by atoms with E-state index in [4.69, 9.17) is 9.84 Å². The van der Waals surface area contributed by atoms with Gasteiger partial charge in [-0.05, 0) is 18.2 Å². The van der Waals surface area contributed by atoms with Gasteiger partial charge in [0.1, 0.15) is 12.3 Å². The van der Waals surface area contributed by atoms with Gasteiger partial charge in [-0.1, -0.05) is 0 Å². The van der Waals surface area contributed by atoms with E-state index >= 15 is 0 Å². The van der Waals surface area contributed by atoms with E-state index in [-0.39, 0.29) is 5.75 Å². The Bertz CT molecular complexity index is 526. The number of carboxylic acids is 1. The molecule has 1 aromatic rings. The van der Waals surface area contributed by atoms with Crippen LogP contribution in [0.3, 0.4) is 0 Å². The minimum absolute atomic E-state index is 0.171. The summed E-state index contributed by atoms with van der Waals surface area (Å²) in [7, 11) is 0. The van der Waals surface area contributed by atoms with E-state index in [2.05, 4.69) is 4.98 Å². The third kappa shape index (κ3) is 7.55. The molecule has 1 heterocycles. The minimum Gasteiger partial charge on any atom is -0.482 e. The summed E-state index contributed by atoms with van der Waals surface area (Å²) in [5, 5.41) is 10.1. The zero-order chi connectivity index (χ0) is 15.9. The van der Waals surface area contributed by atoms with Crippen LogP contribution in [-0.2, 0) is 9.59 Å². The summed E-state index contributed by atoms with van der Waals surface area (Å²) in [6.07, 6.45) is -1.11. The highest BCUT2D eigenvalue weighted by Crippen LogP contribution is 2.12. The molecule has 0 saturated heterocycles. The second kappa shape index (κ2) is 7.27. The van der Waals surface area contributed by atoms with Crippen LogP contribution in [0.2, 0.25) is 0 Å². The van der Waals surface area contributed by atoms with E-state index in [0.717, 1.165) is 6.08 Å². The maximum Gasteiger partial charge on any atom is 0.405 e. The Labute approximate surface area is 117 Å². The molecule has 6 nitrogen and oxygen atoms in total. The molecule has 1 aromatic heterocycles. The lowest BCUT2D eigenvalue weighted by Gasteiger charge is -2.09. The van der Waals surface area contributed by atoms with Gasteiger partial charge >= 0.3 is 12.1 Å². The standard InChI is InChI=1S/C12H11F3N2O4/c13-12(14,15)7-17-10(18)6-21-9-3-1-8(16-5-9)2-4-11(19)20/h1-5H,6-7H2,(H,17,18)(H,19,20). The van der Waals surface area contributed by atoms with Gasteiger partial charge in [-0.2, -0.15) is 13.2 Å². The van der Waals surface area contributed by atoms with E-state index in [1.165, 1.54) is 24.4 Å². The Morgan fingerprint density at radius 1 is 1.38 bits per heavy atom. The maximum absolute atomic E-state index is 11.8. The van der Waals surface area contributed by atoms with Gasteiger partial charge in [0.05, 0.1) is 11.9 Å². The van der Waals surface area contributed by atoms with Crippen LogP contribution in [0.25, 0.3) is 6.08 Å². The maximum atomic E-state index is 11.8. The Hall–Kier alpha value is -2.58. The molecule has 0 spiro atoms. The van der Waals surface area contributed by atoms with Gasteiger partial charge in [0, 0.05) is 6.08 Å². The Morgan fingerprint density at radius 2 is 2.10 bits per heavy atom. The molecule has 1 amide bonds. The number of hydrogen-bond acceptors (Lipinski definition) is 4. The van der Waals surface area contributed by atoms with Crippen molar-refractivity contribution in [3.8, 4) is 5.75 Å². The number of amides is 1. The minimum atomic E-state index is -4.48. The number of aromatic nitrogens is 1. The molecule has 0 bridgehead atoms. The van der Waals surface area contributed by atoms with Crippen LogP contribution in [0, 0.1) is 0 Å². The first kappa shape index (κ1) is 16.5. The number of hydrogen-bond donors (Lipinski definition) is 2. The van der Waals surface area contributed by atoms with Gasteiger partial charge in [-0.15, -0.1) is 0 Å². The molecular weight excluding hydrogens is 293 g/mol. The van der Waals surface area contributed by atoms with Gasteiger partial charge in [-0.25, -0.2) is 4.79 Å². The molecule has 0 aliphatic carbocycles. The van der Waals surface area contributed by atoms with Gasteiger partial charge in [0.15, 0.2) is 6.61 Å². The van der Waals surface area contributed by atoms with Crippen molar-refractivity contribution in [1.82, 2.24) is 10.3 Å². The molecule has 0 saturated carbocycles. The fourth-order valence-electron chi connectivity index (χ4n) is 1.13. The van der Waals surface area contributed by atoms with Crippen LogP contribution in [-0.4, -0.2) is 41.3 Å². The summed E-state index contributed by atoms with van der Waals surface area (Å²) in [5.74, 6) is -1.87. The van der Waals surface area contributed by atoms with Crippen LogP contribution in [0.1, 0.15) is 5.69 Å². The lowest BCUT2D eigenvalue weighted by Crippen LogP contribution is -2.36. The quantitative estimate of drug-likeness (QED) is 0.772. The lowest BCUT2D eigenvalue weighted by molar-refractivity contribution is -0.139. The lowest BCUT2D eigenvalue weighted by atomic mass is 10.3. The van der Waals surface area contributed by atoms with Gasteiger partial charge in [0.2, 0.25) is 0 Å². The van der Waals surface area contributed by atoms with Crippen LogP contribution >= 0.6 is 0 Å². The first-order valence-corrected chi connectivity index (χ1v) is 5.59. The van der Waals surface area contributed by atoms with Crippen LogP contribution in [0.15, 0.2) is 24.4 Å². The van der Waals surface area contributed by atoms with Crippen LogP contribution < -0.4 is 10.1 Å². The second-order valence-corrected chi connectivity index (χ2v) is 3.77. The summed E-state index contributed by atoms with van der Waals surface area (Å²) in [6.45, 7) is -2.01. The average molecular weight is 304 g/mol. The van der Waals surface area contributed by atoms with Crippen molar-refractivity contribution < 1.29 is 32.6 Å². The number of carbonyl (C=O) groups is 2. The van der Waals surface area contributed by atoms with E-state index in [0.29, 0.717) is 5.69 Å². The highest BCUT2D eigenvalue weighted by atomic mass is 19.4. The monoisotopic (exact) mass is 304 g/mol. The molecular formula is C12H11F3N2O4. The van der Waals surface area contributed by atoms with Crippen LogP contribution in [0.4, 0.5) is 13.2 Å². The zero-order valence-electron chi connectivity index (χ0n) is 10.6. The van der Waals surface area contributed by atoms with E-state index in [1.807, 2.05) is 0 Å². The second-order valence-electron chi connectivity index (χ2n) is 3.77. The van der Waals surface area contributed by atoms with Gasteiger partial charge < -0.3 is 15.2 Å². The molecule has 0 aromatic carbocycles. The summed E-state index contributed by atoms with van der Waals surface area (Å²) >= 11 is 0. The molecule has 0 fully saturated rings. The fourth-order valence-corrected chi connectivity index (χ4v) is 1.13. The van der Waals surface area contributed by atoms with Crippen molar-refractivity contribution in [3.63, 3.8) is 0 Å². The largest absolute Gasteiger partial charge is 0.482 e. The Morgan fingerprint density at radius 3 is 2.62 bits per heavy atom. The fraction of sp³-hybridized carbons (Fsp3) is 0.250. The van der Waals surface area contributed by atoms with E-state index in [9.17, 15) is 22.8 Å². The average Bonchev–Trinajstić information content (AvgIpc) is 2.41. The zero-order valence-corrected chi connectivity index (χ0v) is 10.6. The van der Waals surface area contributed by atoms with Crippen molar-refractivity contribution in [1.29, 1.82) is 0 Å². The number of aliphatic carboxylic acids is 1. The molecule has 0 aliphatic rings. The number of carbonyl (C=O) groups excluding carboxylic acids is 1. The number of nitrogens with zero attached hydrogens (tertiary/aromatic N) is 1. The van der Waals surface area contributed by atoms with Crippen molar-refractivity contribution in [3.05, 3.63) is 30.1 Å². The summed E-state index contributed by atoms with van der Waals surface area (Å²) in [6, 6.07) is 2.84. The van der Waals surface area contributed by atoms with E-state index in [1.54, 1.807) is 5.32 Å². The first-order valence-electron chi connectivity index (χ1n) is 5.59. The number of pyridine rings is 1. The van der Waals surface area contributed by atoms with Gasteiger partial charge in [0.25, 0.3) is 5.91 Å². The van der Waals surface area contributed by atoms with Crippen molar-refractivity contribution in [2.24, 2.45) is 0 Å². The molecule has 0 unspecified atom stereocenters.